The average Bonchev–Trinajstić information content (AvgIpc) is 2.59. The van der Waals surface area contributed by atoms with Crippen LogP contribution in [0.15, 0.2) is 42.5 Å². The van der Waals surface area contributed by atoms with Crippen molar-refractivity contribution in [3.63, 3.8) is 0 Å². The summed E-state index contributed by atoms with van der Waals surface area (Å²) in [6.45, 7) is 2.37. The summed E-state index contributed by atoms with van der Waals surface area (Å²) in [4.78, 5) is 12.1. The molecule has 0 aromatic heterocycles. The summed E-state index contributed by atoms with van der Waals surface area (Å²) in [5.41, 5.74) is -0.765. The van der Waals surface area contributed by atoms with Gasteiger partial charge in [0, 0.05) is 12.6 Å². The molecule has 0 bridgehead atoms. The van der Waals surface area contributed by atoms with Gasteiger partial charge in [0.15, 0.2) is 0 Å². The maximum Gasteiger partial charge on any atom is 0.416 e. The Morgan fingerprint density at radius 2 is 1.78 bits per heavy atom. The molecule has 0 aliphatic heterocycles. The van der Waals surface area contributed by atoms with E-state index < -0.39 is 17.8 Å². The van der Waals surface area contributed by atoms with Crippen molar-refractivity contribution in [3.05, 3.63) is 53.1 Å². The van der Waals surface area contributed by atoms with Gasteiger partial charge in [0.25, 0.3) is 0 Å². The highest BCUT2D eigenvalue weighted by Gasteiger charge is 2.30. The van der Waals surface area contributed by atoms with E-state index in [2.05, 4.69) is 0 Å². The molecule has 0 spiro atoms. The zero-order chi connectivity index (χ0) is 20.0. The number of halogens is 4. The average molecular weight is 404 g/mol. The first-order chi connectivity index (χ1) is 12.7. The van der Waals surface area contributed by atoms with Gasteiger partial charge in [-0.3, -0.25) is 0 Å². The predicted molar refractivity (Wildman–Crippen MR) is 93.7 cm³/mol. The molecule has 0 aliphatic rings. The molecule has 0 saturated heterocycles. The Morgan fingerprint density at radius 1 is 1.15 bits per heavy atom. The number of hydrogen-bond acceptors (Lipinski definition) is 3. The monoisotopic (exact) mass is 403 g/mol. The van der Waals surface area contributed by atoms with Crippen molar-refractivity contribution < 1.29 is 32.5 Å². The topological polar surface area (TPSA) is 59.0 Å². The number of amides is 1. The van der Waals surface area contributed by atoms with Crippen molar-refractivity contribution in [1.82, 2.24) is 4.90 Å². The molecule has 0 heterocycles. The lowest BCUT2D eigenvalue weighted by Crippen LogP contribution is -2.33. The standard InChI is InChI=1S/C18H17ClF3NO4/c1-2-23(17(24)25)9-10-26-16-8-7-14(11-15(16)19)27-13-5-3-12(4-6-13)18(20,21)22/h3-8,11H,2,9-10H2,1H3,(H,24,25). The Bertz CT molecular complexity index is 781. The van der Waals surface area contributed by atoms with E-state index in [0.717, 1.165) is 12.1 Å². The lowest BCUT2D eigenvalue weighted by atomic mass is 10.2. The molecule has 2 aromatic carbocycles. The second-order valence-electron chi connectivity index (χ2n) is 5.43. The van der Waals surface area contributed by atoms with E-state index in [1.807, 2.05) is 0 Å². The minimum Gasteiger partial charge on any atom is -0.490 e. The van der Waals surface area contributed by atoms with E-state index in [4.69, 9.17) is 26.2 Å². The fraction of sp³-hybridized carbons (Fsp3) is 0.278. The molecule has 0 saturated carbocycles. The highest BCUT2D eigenvalue weighted by atomic mass is 35.5. The number of likely N-dealkylation sites (N-methyl/N-ethyl adjacent to an activating group) is 1. The largest absolute Gasteiger partial charge is 0.490 e. The Hall–Kier alpha value is -2.61. The van der Waals surface area contributed by atoms with Crippen LogP contribution in [0, 0.1) is 0 Å². The van der Waals surface area contributed by atoms with E-state index in [0.29, 0.717) is 18.0 Å². The first kappa shape index (κ1) is 20.7. The van der Waals surface area contributed by atoms with Gasteiger partial charge in [-0.15, -0.1) is 0 Å². The minimum atomic E-state index is -4.41. The van der Waals surface area contributed by atoms with Crippen LogP contribution in [-0.4, -0.2) is 35.8 Å². The van der Waals surface area contributed by atoms with Crippen LogP contribution in [0.25, 0.3) is 0 Å². The molecule has 1 amide bonds. The van der Waals surface area contributed by atoms with Gasteiger partial charge in [0.05, 0.1) is 17.1 Å². The van der Waals surface area contributed by atoms with Crippen molar-refractivity contribution >= 4 is 17.7 Å². The number of benzene rings is 2. The van der Waals surface area contributed by atoms with Crippen LogP contribution in [-0.2, 0) is 6.18 Å². The number of rotatable bonds is 7. The Balaban J connectivity index is 1.97. The normalized spacial score (nSPS) is 11.1. The van der Waals surface area contributed by atoms with Crippen LogP contribution in [0.2, 0.25) is 5.02 Å². The SMILES string of the molecule is CCN(CCOc1ccc(Oc2ccc(C(F)(F)F)cc2)cc1Cl)C(=O)O. The molecule has 1 N–H and O–H groups in total. The molecule has 0 aliphatic carbocycles. The Labute approximate surface area is 158 Å². The molecule has 0 radical (unpaired) electrons. The van der Waals surface area contributed by atoms with Crippen LogP contribution < -0.4 is 9.47 Å². The number of ether oxygens (including phenoxy) is 2. The van der Waals surface area contributed by atoms with Gasteiger partial charge < -0.3 is 19.5 Å². The first-order valence-electron chi connectivity index (χ1n) is 7.96. The van der Waals surface area contributed by atoms with E-state index in [-0.39, 0.29) is 23.9 Å². The van der Waals surface area contributed by atoms with Crippen LogP contribution in [0.4, 0.5) is 18.0 Å². The molecule has 0 atom stereocenters. The van der Waals surface area contributed by atoms with Gasteiger partial charge in [-0.1, -0.05) is 11.6 Å². The highest BCUT2D eigenvalue weighted by molar-refractivity contribution is 6.32. The van der Waals surface area contributed by atoms with Crippen LogP contribution in [0.3, 0.4) is 0 Å². The third kappa shape index (κ3) is 5.96. The third-order valence-electron chi connectivity index (χ3n) is 3.59. The van der Waals surface area contributed by atoms with Crippen LogP contribution in [0.1, 0.15) is 12.5 Å². The smallest absolute Gasteiger partial charge is 0.416 e. The van der Waals surface area contributed by atoms with Crippen molar-refractivity contribution in [2.45, 2.75) is 13.1 Å². The molecule has 27 heavy (non-hydrogen) atoms. The van der Waals surface area contributed by atoms with Gasteiger partial charge in [-0.05, 0) is 43.3 Å². The van der Waals surface area contributed by atoms with Crippen molar-refractivity contribution in [2.75, 3.05) is 19.7 Å². The quantitative estimate of drug-likeness (QED) is 0.660. The number of alkyl halides is 3. The molecule has 0 fully saturated rings. The third-order valence-corrected chi connectivity index (χ3v) is 3.89. The van der Waals surface area contributed by atoms with Crippen LogP contribution in [0.5, 0.6) is 17.2 Å². The summed E-state index contributed by atoms with van der Waals surface area (Å²) in [5.74, 6) is 0.901. The highest BCUT2D eigenvalue weighted by Crippen LogP contribution is 2.33. The maximum absolute atomic E-state index is 12.6. The van der Waals surface area contributed by atoms with Crippen molar-refractivity contribution in [1.29, 1.82) is 0 Å². The van der Waals surface area contributed by atoms with Gasteiger partial charge in [0.1, 0.15) is 23.9 Å². The van der Waals surface area contributed by atoms with Gasteiger partial charge in [0.2, 0.25) is 0 Å². The van der Waals surface area contributed by atoms with Gasteiger partial charge in [-0.25, -0.2) is 4.79 Å². The van der Waals surface area contributed by atoms with Crippen molar-refractivity contribution in [3.8, 4) is 17.2 Å². The summed E-state index contributed by atoms with van der Waals surface area (Å²) >= 11 is 6.11. The van der Waals surface area contributed by atoms with Gasteiger partial charge >= 0.3 is 12.3 Å². The molecule has 146 valence electrons. The summed E-state index contributed by atoms with van der Waals surface area (Å²) in [6, 6.07) is 8.83. The van der Waals surface area contributed by atoms with E-state index in [1.165, 1.54) is 23.1 Å². The summed E-state index contributed by atoms with van der Waals surface area (Å²) in [7, 11) is 0. The zero-order valence-corrected chi connectivity index (χ0v) is 15.0. The van der Waals surface area contributed by atoms with Crippen LogP contribution >= 0.6 is 11.6 Å². The van der Waals surface area contributed by atoms with E-state index >= 15 is 0 Å². The van der Waals surface area contributed by atoms with E-state index in [1.54, 1.807) is 19.1 Å². The van der Waals surface area contributed by atoms with Crippen molar-refractivity contribution in [2.24, 2.45) is 0 Å². The number of hydrogen-bond donors (Lipinski definition) is 1. The fourth-order valence-corrected chi connectivity index (χ4v) is 2.39. The predicted octanol–water partition coefficient (Wildman–Crippen LogP) is 5.53. The lowest BCUT2D eigenvalue weighted by molar-refractivity contribution is -0.137. The molecule has 0 unspecified atom stereocenters. The second kappa shape index (κ2) is 8.85. The Kier molecular flexibility index (Phi) is 6.79. The molecule has 9 heteroatoms. The summed E-state index contributed by atoms with van der Waals surface area (Å²) in [6.07, 6.45) is -5.44. The molecular formula is C18H17ClF3NO4. The molecular weight excluding hydrogens is 387 g/mol. The molecule has 2 aromatic rings. The number of nitrogens with zero attached hydrogens (tertiary/aromatic N) is 1. The minimum absolute atomic E-state index is 0.124. The zero-order valence-electron chi connectivity index (χ0n) is 14.3. The fourth-order valence-electron chi connectivity index (χ4n) is 2.16. The molecule has 2 rings (SSSR count). The first-order valence-corrected chi connectivity index (χ1v) is 8.34. The summed E-state index contributed by atoms with van der Waals surface area (Å²) in [5, 5.41) is 9.16. The number of carboxylic acid groups (broad SMARTS) is 1. The van der Waals surface area contributed by atoms with Gasteiger partial charge in [-0.2, -0.15) is 13.2 Å². The Morgan fingerprint density at radius 3 is 2.30 bits per heavy atom. The van der Waals surface area contributed by atoms with E-state index in [9.17, 15) is 18.0 Å². The summed E-state index contributed by atoms with van der Waals surface area (Å²) < 4.78 is 48.6. The molecule has 5 nitrogen and oxygen atoms in total. The number of carbonyl (C=O) groups is 1. The maximum atomic E-state index is 12.6. The lowest BCUT2D eigenvalue weighted by Gasteiger charge is -2.17. The second-order valence-corrected chi connectivity index (χ2v) is 5.83.